The molecule has 0 spiro atoms. The standard InChI is InChI=1S/C19H25FN4O3/c1-27-16-3-4-17(20)15(9-16)12-24-8-2-6-19(26,18(24)25)13-21-7-5-14-10-22-23-11-14/h3-4,9-11,21,26H,2,5-8,12-13H2,1H3,(H,22,23). The van der Waals surface area contributed by atoms with Crippen LogP contribution in [-0.2, 0) is 17.8 Å². The first-order chi connectivity index (χ1) is 13.0. The van der Waals surface area contributed by atoms with Crippen LogP contribution in [0.4, 0.5) is 4.39 Å². The van der Waals surface area contributed by atoms with Crippen LogP contribution < -0.4 is 10.1 Å². The Morgan fingerprint density at radius 3 is 3.07 bits per heavy atom. The van der Waals surface area contributed by atoms with Crippen molar-refractivity contribution in [3.8, 4) is 5.75 Å². The van der Waals surface area contributed by atoms with Crippen LogP contribution in [0, 0.1) is 5.82 Å². The van der Waals surface area contributed by atoms with Crippen LogP contribution in [0.1, 0.15) is 24.0 Å². The minimum absolute atomic E-state index is 0.110. The number of hydrogen-bond donors (Lipinski definition) is 3. The molecule has 1 saturated heterocycles. The molecule has 27 heavy (non-hydrogen) atoms. The Hall–Kier alpha value is -2.45. The number of carbonyl (C=O) groups excluding carboxylic acids is 1. The SMILES string of the molecule is COc1ccc(F)c(CN2CCCC(O)(CNCCc3cn[nH]c3)C2=O)c1. The summed E-state index contributed by atoms with van der Waals surface area (Å²) < 4.78 is 19.2. The highest BCUT2D eigenvalue weighted by molar-refractivity contribution is 5.86. The Bertz CT molecular complexity index is 768. The van der Waals surface area contributed by atoms with Gasteiger partial charge in [-0.05, 0) is 49.6 Å². The van der Waals surface area contributed by atoms with Gasteiger partial charge in [0, 0.05) is 31.4 Å². The number of likely N-dealkylation sites (tertiary alicyclic amines) is 1. The molecule has 7 nitrogen and oxygen atoms in total. The number of aromatic amines is 1. The molecule has 1 atom stereocenters. The molecule has 8 heteroatoms. The molecule has 3 rings (SSSR count). The molecule has 1 amide bonds. The smallest absolute Gasteiger partial charge is 0.256 e. The number of amides is 1. The number of carbonyl (C=O) groups is 1. The summed E-state index contributed by atoms with van der Waals surface area (Å²) in [5.74, 6) is -0.227. The summed E-state index contributed by atoms with van der Waals surface area (Å²) in [4.78, 5) is 14.3. The Morgan fingerprint density at radius 1 is 1.48 bits per heavy atom. The van der Waals surface area contributed by atoms with E-state index in [1.165, 1.54) is 24.1 Å². The minimum atomic E-state index is -1.47. The average molecular weight is 376 g/mol. The van der Waals surface area contributed by atoms with Crippen molar-refractivity contribution in [2.24, 2.45) is 0 Å². The first-order valence-electron chi connectivity index (χ1n) is 9.04. The largest absolute Gasteiger partial charge is 0.497 e. The van der Waals surface area contributed by atoms with Gasteiger partial charge >= 0.3 is 0 Å². The van der Waals surface area contributed by atoms with Crippen LogP contribution in [0.3, 0.4) is 0 Å². The van der Waals surface area contributed by atoms with Gasteiger partial charge in [0.05, 0.1) is 13.3 Å². The van der Waals surface area contributed by atoms with Crippen LogP contribution in [0.15, 0.2) is 30.6 Å². The normalized spacial score (nSPS) is 20.1. The molecule has 1 fully saturated rings. The van der Waals surface area contributed by atoms with Gasteiger partial charge in [-0.1, -0.05) is 0 Å². The molecule has 1 aliphatic rings. The number of rotatable bonds is 8. The summed E-state index contributed by atoms with van der Waals surface area (Å²) in [6.45, 7) is 1.40. The molecular formula is C19H25FN4O3. The molecule has 3 N–H and O–H groups in total. The monoisotopic (exact) mass is 376 g/mol. The molecule has 1 aliphatic heterocycles. The highest BCUT2D eigenvalue weighted by Gasteiger charge is 2.41. The average Bonchev–Trinajstić information content (AvgIpc) is 3.18. The maximum atomic E-state index is 14.1. The Kier molecular flexibility index (Phi) is 6.08. The summed E-state index contributed by atoms with van der Waals surface area (Å²) in [5.41, 5.74) is -0.0382. The third-order valence-electron chi connectivity index (χ3n) is 4.88. The van der Waals surface area contributed by atoms with Crippen LogP contribution in [0.5, 0.6) is 5.75 Å². The van der Waals surface area contributed by atoms with Crippen molar-refractivity contribution in [3.63, 3.8) is 0 Å². The lowest BCUT2D eigenvalue weighted by Gasteiger charge is -2.38. The maximum Gasteiger partial charge on any atom is 0.256 e. The first kappa shape index (κ1) is 19.3. The predicted octanol–water partition coefficient (Wildman–Crippen LogP) is 1.24. The molecule has 1 unspecified atom stereocenters. The third kappa shape index (κ3) is 4.64. The number of aromatic nitrogens is 2. The van der Waals surface area contributed by atoms with Crippen molar-refractivity contribution in [2.45, 2.75) is 31.4 Å². The van der Waals surface area contributed by atoms with Crippen LogP contribution in [-0.4, -0.2) is 58.5 Å². The van der Waals surface area contributed by atoms with Crippen LogP contribution in [0.2, 0.25) is 0 Å². The zero-order valence-electron chi connectivity index (χ0n) is 15.4. The second-order valence-corrected chi connectivity index (χ2v) is 6.85. The van der Waals surface area contributed by atoms with Crippen molar-refractivity contribution in [1.29, 1.82) is 0 Å². The summed E-state index contributed by atoms with van der Waals surface area (Å²) >= 11 is 0. The fourth-order valence-electron chi connectivity index (χ4n) is 3.33. The lowest BCUT2D eigenvalue weighted by atomic mass is 9.91. The van der Waals surface area contributed by atoms with Gasteiger partial charge in [-0.2, -0.15) is 5.10 Å². The van der Waals surface area contributed by atoms with Gasteiger partial charge in [-0.25, -0.2) is 4.39 Å². The number of H-pyrrole nitrogens is 1. The van der Waals surface area contributed by atoms with Crippen LogP contribution >= 0.6 is 0 Å². The molecule has 0 radical (unpaired) electrons. The number of hydrogen-bond acceptors (Lipinski definition) is 5. The number of halogens is 1. The van der Waals surface area contributed by atoms with E-state index in [1.807, 2.05) is 6.20 Å². The Labute approximate surface area is 157 Å². The van der Waals surface area contributed by atoms with E-state index in [2.05, 4.69) is 15.5 Å². The second kappa shape index (κ2) is 8.49. The number of piperidine rings is 1. The van der Waals surface area contributed by atoms with E-state index in [-0.39, 0.29) is 19.0 Å². The summed E-state index contributed by atoms with van der Waals surface area (Å²) in [6.07, 6.45) is 5.36. The van der Waals surface area contributed by atoms with Gasteiger partial charge < -0.3 is 20.1 Å². The zero-order chi connectivity index (χ0) is 19.3. The third-order valence-corrected chi connectivity index (χ3v) is 4.88. The molecule has 1 aromatic heterocycles. The number of methoxy groups -OCH3 is 1. The summed E-state index contributed by atoms with van der Waals surface area (Å²) in [7, 11) is 1.51. The summed E-state index contributed by atoms with van der Waals surface area (Å²) in [5, 5.41) is 20.6. The van der Waals surface area contributed by atoms with Crippen LogP contribution in [0.25, 0.3) is 0 Å². The van der Waals surface area contributed by atoms with Crippen molar-refractivity contribution in [1.82, 2.24) is 20.4 Å². The van der Waals surface area contributed by atoms with E-state index in [4.69, 9.17) is 4.74 Å². The minimum Gasteiger partial charge on any atom is -0.497 e. The molecule has 1 aromatic carbocycles. The van der Waals surface area contributed by atoms with Gasteiger partial charge in [0.1, 0.15) is 11.6 Å². The van der Waals surface area contributed by atoms with Crippen molar-refractivity contribution in [2.75, 3.05) is 26.7 Å². The molecular weight excluding hydrogens is 351 g/mol. The molecule has 0 aliphatic carbocycles. The zero-order valence-corrected chi connectivity index (χ0v) is 15.4. The number of nitrogens with zero attached hydrogens (tertiary/aromatic N) is 2. The van der Waals surface area contributed by atoms with Gasteiger partial charge in [0.25, 0.3) is 5.91 Å². The Morgan fingerprint density at radius 2 is 2.33 bits per heavy atom. The second-order valence-electron chi connectivity index (χ2n) is 6.85. The predicted molar refractivity (Wildman–Crippen MR) is 97.7 cm³/mol. The van der Waals surface area contributed by atoms with Gasteiger partial charge in [0.2, 0.25) is 0 Å². The molecule has 2 heterocycles. The van der Waals surface area contributed by atoms with Gasteiger partial charge in [-0.15, -0.1) is 0 Å². The highest BCUT2D eigenvalue weighted by atomic mass is 19.1. The molecule has 0 saturated carbocycles. The van der Waals surface area contributed by atoms with E-state index in [0.717, 1.165) is 12.0 Å². The molecule has 2 aromatic rings. The van der Waals surface area contributed by atoms with Gasteiger partial charge in [-0.3, -0.25) is 9.89 Å². The molecule has 146 valence electrons. The van der Waals surface area contributed by atoms with Crippen molar-refractivity contribution in [3.05, 3.63) is 47.5 Å². The van der Waals surface area contributed by atoms with Gasteiger partial charge in [0.15, 0.2) is 5.60 Å². The first-order valence-corrected chi connectivity index (χ1v) is 9.04. The van der Waals surface area contributed by atoms with E-state index in [0.29, 0.717) is 37.2 Å². The maximum absolute atomic E-state index is 14.1. The number of ether oxygens (including phenoxy) is 1. The fraction of sp³-hybridized carbons (Fsp3) is 0.474. The van der Waals surface area contributed by atoms with E-state index >= 15 is 0 Å². The Balaban J connectivity index is 1.59. The topological polar surface area (TPSA) is 90.5 Å². The fourth-order valence-corrected chi connectivity index (χ4v) is 3.33. The lowest BCUT2D eigenvalue weighted by Crippen LogP contribution is -2.57. The quantitative estimate of drug-likeness (QED) is 0.603. The number of aliphatic hydroxyl groups is 1. The van der Waals surface area contributed by atoms with Crippen molar-refractivity contribution >= 4 is 5.91 Å². The van der Waals surface area contributed by atoms with E-state index in [9.17, 15) is 14.3 Å². The number of benzene rings is 1. The number of nitrogens with one attached hydrogen (secondary N) is 2. The summed E-state index contributed by atoms with van der Waals surface area (Å²) in [6, 6.07) is 4.45. The molecule has 0 bridgehead atoms. The van der Waals surface area contributed by atoms with E-state index in [1.54, 1.807) is 12.3 Å². The lowest BCUT2D eigenvalue weighted by molar-refractivity contribution is -0.157. The van der Waals surface area contributed by atoms with E-state index < -0.39 is 11.4 Å². The van der Waals surface area contributed by atoms with Crippen molar-refractivity contribution < 1.29 is 19.0 Å². The highest BCUT2D eigenvalue weighted by Crippen LogP contribution is 2.25.